The summed E-state index contributed by atoms with van der Waals surface area (Å²) >= 11 is 3.12. The maximum absolute atomic E-state index is 13.1. The molecule has 0 aliphatic heterocycles. The molecule has 17 heavy (non-hydrogen) atoms. The molecule has 6 heteroatoms. The van der Waals surface area contributed by atoms with Crippen molar-refractivity contribution in [2.24, 2.45) is 0 Å². The molecule has 0 fully saturated rings. The molecule has 0 atom stereocenters. The average Bonchev–Trinajstić information content (AvgIpc) is 2.28. The second-order valence-corrected chi connectivity index (χ2v) is 4.18. The van der Waals surface area contributed by atoms with E-state index in [1.165, 1.54) is 26.4 Å². The molecule has 0 aromatic heterocycles. The van der Waals surface area contributed by atoms with Crippen molar-refractivity contribution in [2.75, 3.05) is 20.8 Å². The molecule has 1 amide bonds. The van der Waals surface area contributed by atoms with Crippen LogP contribution in [0.4, 0.5) is 4.39 Å². The van der Waals surface area contributed by atoms with Crippen LogP contribution in [0.2, 0.25) is 0 Å². The van der Waals surface area contributed by atoms with Crippen LogP contribution in [0.25, 0.3) is 0 Å². The summed E-state index contributed by atoms with van der Waals surface area (Å²) in [5.41, 5.74) is 0.239. The summed E-state index contributed by atoms with van der Waals surface area (Å²) in [6.07, 6.45) is -0.518. The molecule has 4 nitrogen and oxygen atoms in total. The summed E-state index contributed by atoms with van der Waals surface area (Å²) in [6.45, 7) is 0.194. The predicted octanol–water partition coefficient (Wildman–Crippen LogP) is 1.94. The predicted molar refractivity (Wildman–Crippen MR) is 64.2 cm³/mol. The SMILES string of the molecule is COC(CNC(=O)c1cc(F)cc(Br)c1)OC. The van der Waals surface area contributed by atoms with Gasteiger partial charge in [0.1, 0.15) is 5.82 Å². The first kappa shape index (κ1) is 14.1. The lowest BCUT2D eigenvalue weighted by Gasteiger charge is -2.14. The smallest absolute Gasteiger partial charge is 0.251 e. The van der Waals surface area contributed by atoms with Gasteiger partial charge in [0.05, 0.1) is 6.54 Å². The highest BCUT2D eigenvalue weighted by atomic mass is 79.9. The Kier molecular flexibility index (Phi) is 5.54. The molecule has 94 valence electrons. The van der Waals surface area contributed by atoms with E-state index in [1.54, 1.807) is 0 Å². The number of rotatable bonds is 5. The highest BCUT2D eigenvalue weighted by molar-refractivity contribution is 9.10. The minimum absolute atomic E-state index is 0.194. The fourth-order valence-electron chi connectivity index (χ4n) is 1.23. The largest absolute Gasteiger partial charge is 0.354 e. The van der Waals surface area contributed by atoms with Gasteiger partial charge in [-0.05, 0) is 18.2 Å². The van der Waals surface area contributed by atoms with Gasteiger partial charge < -0.3 is 14.8 Å². The number of halogens is 2. The third-order valence-corrected chi connectivity index (χ3v) is 2.54. The zero-order valence-corrected chi connectivity index (χ0v) is 11.1. The van der Waals surface area contributed by atoms with Gasteiger partial charge >= 0.3 is 0 Å². The van der Waals surface area contributed by atoms with Gasteiger partial charge in [0.15, 0.2) is 6.29 Å². The third kappa shape index (κ3) is 4.41. The van der Waals surface area contributed by atoms with Crippen molar-refractivity contribution in [1.29, 1.82) is 0 Å². The van der Waals surface area contributed by atoms with Crippen LogP contribution in [-0.4, -0.2) is 33.0 Å². The number of benzene rings is 1. The lowest BCUT2D eigenvalue weighted by atomic mass is 10.2. The number of carbonyl (C=O) groups is 1. The lowest BCUT2D eigenvalue weighted by molar-refractivity contribution is -0.0974. The molecular weight excluding hydrogens is 293 g/mol. The van der Waals surface area contributed by atoms with Crippen molar-refractivity contribution in [3.05, 3.63) is 34.1 Å². The van der Waals surface area contributed by atoms with E-state index in [9.17, 15) is 9.18 Å². The maximum atomic E-state index is 13.1. The van der Waals surface area contributed by atoms with Crippen LogP contribution in [0.1, 0.15) is 10.4 Å². The van der Waals surface area contributed by atoms with E-state index in [0.717, 1.165) is 6.07 Å². The Labute approximate surface area is 107 Å². The minimum Gasteiger partial charge on any atom is -0.354 e. The zero-order chi connectivity index (χ0) is 12.8. The third-order valence-electron chi connectivity index (χ3n) is 2.08. The van der Waals surface area contributed by atoms with Crippen LogP contribution in [0.3, 0.4) is 0 Å². The molecule has 0 aliphatic carbocycles. The number of ether oxygens (including phenoxy) is 2. The van der Waals surface area contributed by atoms with E-state index in [4.69, 9.17) is 9.47 Å². The number of nitrogens with one attached hydrogen (secondary N) is 1. The molecule has 1 rings (SSSR count). The number of amides is 1. The number of methoxy groups -OCH3 is 2. The van der Waals surface area contributed by atoms with Crippen LogP contribution in [0.15, 0.2) is 22.7 Å². The fraction of sp³-hybridized carbons (Fsp3) is 0.364. The first-order chi connectivity index (χ1) is 8.06. The molecular formula is C11H13BrFNO3. The van der Waals surface area contributed by atoms with Gasteiger partial charge in [-0.1, -0.05) is 15.9 Å². The van der Waals surface area contributed by atoms with Crippen molar-refractivity contribution in [2.45, 2.75) is 6.29 Å². The van der Waals surface area contributed by atoms with Crippen LogP contribution in [0, 0.1) is 5.82 Å². The fourth-order valence-corrected chi connectivity index (χ4v) is 1.69. The van der Waals surface area contributed by atoms with Crippen molar-refractivity contribution >= 4 is 21.8 Å². The lowest BCUT2D eigenvalue weighted by Crippen LogP contribution is -2.34. The van der Waals surface area contributed by atoms with Crippen molar-refractivity contribution in [1.82, 2.24) is 5.32 Å². The van der Waals surface area contributed by atoms with Gasteiger partial charge in [0.2, 0.25) is 0 Å². The zero-order valence-electron chi connectivity index (χ0n) is 9.50. The highest BCUT2D eigenvalue weighted by Crippen LogP contribution is 2.14. The molecule has 0 saturated heterocycles. The molecule has 1 aromatic rings. The number of hydrogen-bond acceptors (Lipinski definition) is 3. The summed E-state index contributed by atoms with van der Waals surface area (Å²) in [4.78, 5) is 11.7. The van der Waals surface area contributed by atoms with E-state index in [2.05, 4.69) is 21.2 Å². The van der Waals surface area contributed by atoms with Crippen molar-refractivity contribution in [3.63, 3.8) is 0 Å². The van der Waals surface area contributed by atoms with E-state index >= 15 is 0 Å². The molecule has 1 aromatic carbocycles. The summed E-state index contributed by atoms with van der Waals surface area (Å²) in [5.74, 6) is -0.858. The molecule has 1 N–H and O–H groups in total. The van der Waals surface area contributed by atoms with Gasteiger partial charge in [-0.3, -0.25) is 4.79 Å². The summed E-state index contributed by atoms with van der Waals surface area (Å²) in [5, 5.41) is 2.58. The summed E-state index contributed by atoms with van der Waals surface area (Å²) in [6, 6.07) is 3.98. The molecule has 0 radical (unpaired) electrons. The molecule has 0 saturated carbocycles. The Morgan fingerprint density at radius 3 is 2.59 bits per heavy atom. The van der Waals surface area contributed by atoms with Gasteiger partial charge in [0.25, 0.3) is 5.91 Å². The second-order valence-electron chi connectivity index (χ2n) is 3.27. The van der Waals surface area contributed by atoms with Crippen LogP contribution < -0.4 is 5.32 Å². The molecule has 0 spiro atoms. The number of carbonyl (C=O) groups excluding carboxylic acids is 1. The van der Waals surface area contributed by atoms with Crippen LogP contribution in [0.5, 0.6) is 0 Å². The average molecular weight is 306 g/mol. The van der Waals surface area contributed by atoms with E-state index in [1.807, 2.05) is 0 Å². The minimum atomic E-state index is -0.518. The summed E-state index contributed by atoms with van der Waals surface area (Å²) < 4.78 is 23.4. The Morgan fingerprint density at radius 1 is 1.41 bits per heavy atom. The van der Waals surface area contributed by atoms with Gasteiger partial charge in [-0.2, -0.15) is 0 Å². The first-order valence-electron chi connectivity index (χ1n) is 4.86. The Balaban J connectivity index is 2.63. The van der Waals surface area contributed by atoms with Crippen molar-refractivity contribution < 1.29 is 18.7 Å². The van der Waals surface area contributed by atoms with E-state index in [-0.39, 0.29) is 18.0 Å². The standard InChI is InChI=1S/C11H13BrFNO3/c1-16-10(17-2)6-14-11(15)7-3-8(12)5-9(13)4-7/h3-5,10H,6H2,1-2H3,(H,14,15). The second kappa shape index (κ2) is 6.68. The molecule has 0 unspecified atom stereocenters. The Morgan fingerprint density at radius 2 is 2.06 bits per heavy atom. The quantitative estimate of drug-likeness (QED) is 0.846. The van der Waals surface area contributed by atoms with Gasteiger partial charge in [0, 0.05) is 24.3 Å². The molecule has 0 heterocycles. The van der Waals surface area contributed by atoms with E-state index in [0.29, 0.717) is 4.47 Å². The highest BCUT2D eigenvalue weighted by Gasteiger charge is 2.11. The van der Waals surface area contributed by atoms with Gasteiger partial charge in [-0.15, -0.1) is 0 Å². The molecule has 0 aliphatic rings. The molecule has 0 bridgehead atoms. The normalized spacial score (nSPS) is 10.6. The van der Waals surface area contributed by atoms with Gasteiger partial charge in [-0.25, -0.2) is 4.39 Å². The maximum Gasteiger partial charge on any atom is 0.251 e. The van der Waals surface area contributed by atoms with Crippen molar-refractivity contribution in [3.8, 4) is 0 Å². The Hall–Kier alpha value is -0.980. The first-order valence-corrected chi connectivity index (χ1v) is 5.66. The topological polar surface area (TPSA) is 47.6 Å². The van der Waals surface area contributed by atoms with Crippen LogP contribution in [-0.2, 0) is 9.47 Å². The summed E-state index contributed by atoms with van der Waals surface area (Å²) in [7, 11) is 2.94. The van der Waals surface area contributed by atoms with E-state index < -0.39 is 12.1 Å². The van der Waals surface area contributed by atoms with Crippen LogP contribution >= 0.6 is 15.9 Å². The monoisotopic (exact) mass is 305 g/mol. The Bertz CT molecular complexity index is 376. The number of hydrogen-bond donors (Lipinski definition) is 1.